The minimum Gasteiger partial charge on any atom is -0.268 e. The van der Waals surface area contributed by atoms with Crippen molar-refractivity contribution in [1.29, 1.82) is 0 Å². The molecule has 0 heterocycles. The van der Waals surface area contributed by atoms with Crippen molar-refractivity contribution < 1.29 is 18.0 Å². The number of amides is 2. The zero-order chi connectivity index (χ0) is 17.0. The molecule has 9 heteroatoms. The van der Waals surface area contributed by atoms with Gasteiger partial charge in [-0.3, -0.25) is 9.59 Å². The highest BCUT2D eigenvalue weighted by atomic mass is 79.9. The molecule has 0 unspecified atom stereocenters. The van der Waals surface area contributed by atoms with Crippen LogP contribution in [0.15, 0.2) is 57.5 Å². The molecule has 120 valence electrons. The molecular weight excluding hydrogens is 452 g/mol. The second-order valence-electron chi connectivity index (χ2n) is 4.38. The van der Waals surface area contributed by atoms with E-state index in [1.807, 2.05) is 0 Å². The molecule has 2 aromatic carbocycles. The van der Waals surface area contributed by atoms with Gasteiger partial charge in [-0.15, -0.1) is 0 Å². The Labute approximate surface area is 149 Å². The van der Waals surface area contributed by atoms with Crippen LogP contribution < -0.4 is 9.44 Å². The molecule has 2 aromatic rings. The van der Waals surface area contributed by atoms with Crippen molar-refractivity contribution in [1.82, 2.24) is 9.44 Å². The Morgan fingerprint density at radius 3 is 1.30 bits per heavy atom. The molecule has 0 atom stereocenters. The highest BCUT2D eigenvalue weighted by Gasteiger charge is 2.19. The van der Waals surface area contributed by atoms with Gasteiger partial charge in [0.1, 0.15) is 0 Å². The van der Waals surface area contributed by atoms with E-state index in [9.17, 15) is 18.0 Å². The maximum absolute atomic E-state index is 11.9. The lowest BCUT2D eigenvalue weighted by Crippen LogP contribution is -2.43. The predicted molar refractivity (Wildman–Crippen MR) is 92.1 cm³/mol. The number of hydrogen-bond donors (Lipinski definition) is 2. The summed E-state index contributed by atoms with van der Waals surface area (Å²) in [6.45, 7) is 0. The van der Waals surface area contributed by atoms with E-state index in [2.05, 4.69) is 31.9 Å². The van der Waals surface area contributed by atoms with Crippen LogP contribution in [-0.4, -0.2) is 20.2 Å². The maximum atomic E-state index is 11.9. The van der Waals surface area contributed by atoms with Crippen LogP contribution in [0, 0.1) is 0 Å². The number of hydrogen-bond acceptors (Lipinski definition) is 4. The fourth-order valence-corrected chi connectivity index (χ4v) is 2.89. The largest absolute Gasteiger partial charge is 0.326 e. The van der Waals surface area contributed by atoms with E-state index in [1.165, 1.54) is 24.3 Å². The Morgan fingerprint density at radius 1 is 0.696 bits per heavy atom. The first-order valence-corrected chi connectivity index (χ1v) is 9.24. The summed E-state index contributed by atoms with van der Waals surface area (Å²) in [5, 5.41) is 0. The zero-order valence-corrected chi connectivity index (χ0v) is 15.4. The van der Waals surface area contributed by atoms with Crippen molar-refractivity contribution in [2.24, 2.45) is 0 Å². The summed E-state index contributed by atoms with van der Waals surface area (Å²) in [6, 6.07) is 12.2. The molecule has 2 N–H and O–H groups in total. The van der Waals surface area contributed by atoms with E-state index >= 15 is 0 Å². The van der Waals surface area contributed by atoms with Crippen molar-refractivity contribution in [3.05, 3.63) is 68.6 Å². The Bertz CT molecular complexity index is 769. The van der Waals surface area contributed by atoms with Gasteiger partial charge in [-0.2, -0.15) is 8.42 Å². The summed E-state index contributed by atoms with van der Waals surface area (Å²) < 4.78 is 28.8. The number of carbonyl (C=O) groups excluding carboxylic acids is 2. The van der Waals surface area contributed by atoms with E-state index < -0.39 is 22.0 Å². The van der Waals surface area contributed by atoms with E-state index in [1.54, 1.807) is 33.7 Å². The molecule has 2 amide bonds. The van der Waals surface area contributed by atoms with Gasteiger partial charge >= 0.3 is 10.2 Å². The number of halogens is 2. The van der Waals surface area contributed by atoms with Gasteiger partial charge in [0.2, 0.25) is 0 Å². The van der Waals surface area contributed by atoms with Gasteiger partial charge in [0.15, 0.2) is 0 Å². The van der Waals surface area contributed by atoms with Crippen LogP contribution in [0.4, 0.5) is 0 Å². The molecule has 0 radical (unpaired) electrons. The predicted octanol–water partition coefficient (Wildman–Crippen LogP) is 2.62. The lowest BCUT2D eigenvalue weighted by Gasteiger charge is -2.08. The summed E-state index contributed by atoms with van der Waals surface area (Å²) in [5.74, 6) is -1.68. The van der Waals surface area contributed by atoms with Gasteiger partial charge in [0.05, 0.1) is 0 Å². The second-order valence-corrected chi connectivity index (χ2v) is 7.63. The number of benzene rings is 2. The zero-order valence-electron chi connectivity index (χ0n) is 11.4. The average Bonchev–Trinajstić information content (AvgIpc) is 2.47. The third kappa shape index (κ3) is 5.15. The molecule has 0 aliphatic heterocycles. The van der Waals surface area contributed by atoms with Crippen molar-refractivity contribution in [2.75, 3.05) is 0 Å². The summed E-state index contributed by atoms with van der Waals surface area (Å²) in [6.07, 6.45) is 0. The monoisotopic (exact) mass is 460 g/mol. The van der Waals surface area contributed by atoms with Crippen LogP contribution in [-0.2, 0) is 10.2 Å². The highest BCUT2D eigenvalue weighted by molar-refractivity contribution is 9.10. The fourth-order valence-electron chi connectivity index (χ4n) is 1.59. The van der Waals surface area contributed by atoms with Crippen molar-refractivity contribution in [2.45, 2.75) is 0 Å². The van der Waals surface area contributed by atoms with Crippen LogP contribution in [0.2, 0.25) is 0 Å². The normalized spacial score (nSPS) is 10.9. The van der Waals surface area contributed by atoms with Gasteiger partial charge in [-0.1, -0.05) is 31.9 Å². The highest BCUT2D eigenvalue weighted by Crippen LogP contribution is 2.11. The summed E-state index contributed by atoms with van der Waals surface area (Å²) in [7, 11) is -4.32. The number of rotatable bonds is 4. The van der Waals surface area contributed by atoms with Gasteiger partial charge in [0.25, 0.3) is 11.8 Å². The Morgan fingerprint density at radius 2 is 1.00 bits per heavy atom. The van der Waals surface area contributed by atoms with Crippen LogP contribution in [0.3, 0.4) is 0 Å². The Hall–Kier alpha value is -1.71. The van der Waals surface area contributed by atoms with Crippen molar-refractivity contribution >= 4 is 53.9 Å². The smallest absolute Gasteiger partial charge is 0.268 e. The molecule has 0 saturated heterocycles. The SMILES string of the molecule is O=C(NS(=O)(=O)NC(=O)c1ccc(Br)cc1)c1ccc(Br)cc1. The molecule has 0 aliphatic carbocycles. The average molecular weight is 462 g/mol. The first-order chi connectivity index (χ1) is 10.8. The molecule has 0 spiro atoms. The van der Waals surface area contributed by atoms with Crippen LogP contribution >= 0.6 is 31.9 Å². The van der Waals surface area contributed by atoms with Crippen LogP contribution in [0.1, 0.15) is 20.7 Å². The van der Waals surface area contributed by atoms with Crippen LogP contribution in [0.25, 0.3) is 0 Å². The van der Waals surface area contributed by atoms with Crippen molar-refractivity contribution in [3.8, 4) is 0 Å². The minimum atomic E-state index is -4.32. The number of carbonyl (C=O) groups is 2. The fraction of sp³-hybridized carbons (Fsp3) is 0. The van der Waals surface area contributed by atoms with Gasteiger partial charge in [0, 0.05) is 20.1 Å². The maximum Gasteiger partial charge on any atom is 0.326 e. The van der Waals surface area contributed by atoms with E-state index in [0.717, 1.165) is 8.95 Å². The molecular formula is C14H10Br2N2O4S. The van der Waals surface area contributed by atoms with Gasteiger partial charge in [-0.05, 0) is 48.5 Å². The van der Waals surface area contributed by atoms with Gasteiger partial charge in [-0.25, -0.2) is 9.44 Å². The Balaban J connectivity index is 2.06. The van der Waals surface area contributed by atoms with E-state index in [0.29, 0.717) is 0 Å². The summed E-state index contributed by atoms with van der Waals surface area (Å²) in [5.41, 5.74) is 0.296. The first-order valence-electron chi connectivity index (χ1n) is 6.17. The molecule has 0 bridgehead atoms. The molecule has 0 aromatic heterocycles. The Kier molecular flexibility index (Phi) is 5.55. The van der Waals surface area contributed by atoms with Crippen LogP contribution in [0.5, 0.6) is 0 Å². The third-order valence-corrected chi connectivity index (χ3v) is 4.63. The molecule has 0 saturated carbocycles. The minimum absolute atomic E-state index is 0.148. The topological polar surface area (TPSA) is 92.3 Å². The van der Waals surface area contributed by atoms with Gasteiger partial charge < -0.3 is 0 Å². The number of nitrogens with one attached hydrogen (secondary N) is 2. The molecule has 0 aliphatic rings. The lowest BCUT2D eigenvalue weighted by atomic mass is 10.2. The molecule has 6 nitrogen and oxygen atoms in total. The quantitative estimate of drug-likeness (QED) is 0.731. The first kappa shape index (κ1) is 17.6. The summed E-state index contributed by atoms with van der Waals surface area (Å²) in [4.78, 5) is 23.7. The second kappa shape index (κ2) is 7.24. The standard InChI is InChI=1S/C14H10Br2N2O4S/c15-11-5-1-9(2-6-11)13(19)17-23(21,22)18-14(20)10-3-7-12(16)8-4-10/h1-8H,(H,17,19)(H,18,20). The molecule has 0 fully saturated rings. The summed E-state index contributed by atoms with van der Waals surface area (Å²) >= 11 is 6.42. The molecule has 23 heavy (non-hydrogen) atoms. The molecule has 2 rings (SSSR count). The van der Waals surface area contributed by atoms with E-state index in [-0.39, 0.29) is 11.1 Å². The van der Waals surface area contributed by atoms with Crippen molar-refractivity contribution in [3.63, 3.8) is 0 Å². The lowest BCUT2D eigenvalue weighted by molar-refractivity contribution is 0.0976. The third-order valence-electron chi connectivity index (χ3n) is 2.67. The van der Waals surface area contributed by atoms with E-state index in [4.69, 9.17) is 0 Å².